The van der Waals surface area contributed by atoms with E-state index in [-0.39, 0.29) is 19.0 Å². The molecule has 0 atom stereocenters. The van der Waals surface area contributed by atoms with Crippen molar-refractivity contribution in [1.82, 2.24) is 0 Å². The van der Waals surface area contributed by atoms with E-state index >= 15 is 0 Å². The van der Waals surface area contributed by atoms with Crippen LogP contribution in [0, 0.1) is 0 Å². The SMILES string of the molecule is COc1ccc(OCCC(=O)OCc2csc3ccccc23)cc1. The summed E-state index contributed by atoms with van der Waals surface area (Å²) in [5.74, 6) is 1.20. The number of rotatable bonds is 7. The van der Waals surface area contributed by atoms with Crippen LogP contribution in [0.3, 0.4) is 0 Å². The highest BCUT2D eigenvalue weighted by molar-refractivity contribution is 7.17. The average molecular weight is 342 g/mol. The number of esters is 1. The number of ether oxygens (including phenoxy) is 3. The highest BCUT2D eigenvalue weighted by Gasteiger charge is 2.08. The number of benzene rings is 2. The van der Waals surface area contributed by atoms with Gasteiger partial charge >= 0.3 is 5.97 Å². The van der Waals surface area contributed by atoms with Crippen LogP contribution in [0.5, 0.6) is 11.5 Å². The van der Waals surface area contributed by atoms with Crippen molar-refractivity contribution in [3.8, 4) is 11.5 Å². The van der Waals surface area contributed by atoms with Gasteiger partial charge in [0.15, 0.2) is 0 Å². The highest BCUT2D eigenvalue weighted by Crippen LogP contribution is 2.26. The number of hydrogen-bond acceptors (Lipinski definition) is 5. The van der Waals surface area contributed by atoms with E-state index in [1.165, 1.54) is 4.70 Å². The van der Waals surface area contributed by atoms with Gasteiger partial charge in [-0.3, -0.25) is 4.79 Å². The third-order valence-electron chi connectivity index (χ3n) is 3.58. The molecule has 0 amide bonds. The molecular formula is C19H18O4S. The predicted octanol–water partition coefficient (Wildman–Crippen LogP) is 4.42. The third-order valence-corrected chi connectivity index (χ3v) is 4.60. The van der Waals surface area contributed by atoms with Gasteiger partial charge in [-0.25, -0.2) is 0 Å². The molecule has 0 bridgehead atoms. The van der Waals surface area contributed by atoms with Gasteiger partial charge in [-0.15, -0.1) is 11.3 Å². The Hall–Kier alpha value is -2.53. The first-order valence-corrected chi connectivity index (χ1v) is 8.52. The fraction of sp³-hybridized carbons (Fsp3) is 0.211. The molecule has 3 rings (SSSR count). The quantitative estimate of drug-likeness (QED) is 0.596. The fourth-order valence-corrected chi connectivity index (χ4v) is 3.25. The van der Waals surface area contributed by atoms with Crippen LogP contribution >= 0.6 is 11.3 Å². The molecule has 5 heteroatoms. The van der Waals surface area contributed by atoms with Gasteiger partial charge in [0.2, 0.25) is 0 Å². The minimum absolute atomic E-state index is 0.216. The van der Waals surface area contributed by atoms with Crippen LogP contribution in [0.1, 0.15) is 12.0 Å². The second kappa shape index (κ2) is 7.84. The van der Waals surface area contributed by atoms with Crippen LogP contribution in [-0.4, -0.2) is 19.7 Å². The topological polar surface area (TPSA) is 44.8 Å². The Labute approximate surface area is 144 Å². The monoisotopic (exact) mass is 342 g/mol. The van der Waals surface area contributed by atoms with Gasteiger partial charge in [0.1, 0.15) is 18.1 Å². The third kappa shape index (κ3) is 4.06. The Bertz CT molecular complexity index is 808. The first-order valence-electron chi connectivity index (χ1n) is 7.64. The van der Waals surface area contributed by atoms with Crippen LogP contribution in [0.15, 0.2) is 53.9 Å². The summed E-state index contributed by atoms with van der Waals surface area (Å²) in [4.78, 5) is 11.8. The maximum Gasteiger partial charge on any atom is 0.309 e. The lowest BCUT2D eigenvalue weighted by molar-refractivity contribution is -0.145. The Morgan fingerprint density at radius 1 is 1.04 bits per heavy atom. The number of hydrogen-bond donors (Lipinski definition) is 0. The first kappa shape index (κ1) is 16.3. The second-order valence-corrected chi connectivity index (χ2v) is 6.10. The van der Waals surface area contributed by atoms with Crippen LogP contribution in [0.25, 0.3) is 10.1 Å². The smallest absolute Gasteiger partial charge is 0.309 e. The van der Waals surface area contributed by atoms with Crippen molar-refractivity contribution in [2.24, 2.45) is 0 Å². The second-order valence-electron chi connectivity index (χ2n) is 5.19. The number of carbonyl (C=O) groups is 1. The van der Waals surface area contributed by atoms with E-state index in [2.05, 4.69) is 6.07 Å². The van der Waals surface area contributed by atoms with Crippen molar-refractivity contribution in [3.05, 3.63) is 59.5 Å². The molecule has 0 saturated carbocycles. The van der Waals surface area contributed by atoms with Gasteiger partial charge in [0.05, 0.1) is 20.1 Å². The fourth-order valence-electron chi connectivity index (χ4n) is 2.30. The van der Waals surface area contributed by atoms with E-state index in [4.69, 9.17) is 14.2 Å². The first-order chi connectivity index (χ1) is 11.8. The summed E-state index contributed by atoms with van der Waals surface area (Å²) in [6.07, 6.45) is 0.216. The van der Waals surface area contributed by atoms with Crippen molar-refractivity contribution in [3.63, 3.8) is 0 Å². The number of thiophene rings is 1. The molecule has 1 aromatic heterocycles. The Balaban J connectivity index is 1.44. The molecule has 0 aliphatic heterocycles. The Morgan fingerprint density at radius 2 is 1.79 bits per heavy atom. The summed E-state index contributed by atoms with van der Waals surface area (Å²) in [6.45, 7) is 0.584. The molecule has 0 radical (unpaired) electrons. The van der Waals surface area contributed by atoms with Crippen LogP contribution < -0.4 is 9.47 Å². The van der Waals surface area contributed by atoms with E-state index < -0.39 is 0 Å². The minimum atomic E-state index is -0.265. The van der Waals surface area contributed by atoms with Gasteiger partial charge in [-0.2, -0.15) is 0 Å². The number of carbonyl (C=O) groups excluding carboxylic acids is 1. The largest absolute Gasteiger partial charge is 0.497 e. The summed E-state index contributed by atoms with van der Waals surface area (Å²) in [6, 6.07) is 15.3. The van der Waals surface area contributed by atoms with E-state index in [9.17, 15) is 4.79 Å². The van der Waals surface area contributed by atoms with Crippen LogP contribution in [0.4, 0.5) is 0 Å². The van der Waals surface area contributed by atoms with E-state index in [1.807, 2.05) is 47.8 Å². The normalized spacial score (nSPS) is 10.5. The van der Waals surface area contributed by atoms with E-state index in [1.54, 1.807) is 18.4 Å². The van der Waals surface area contributed by atoms with Gasteiger partial charge < -0.3 is 14.2 Å². The van der Waals surface area contributed by atoms with Crippen molar-refractivity contribution in [2.45, 2.75) is 13.0 Å². The van der Waals surface area contributed by atoms with E-state index in [0.717, 1.165) is 16.7 Å². The zero-order valence-corrected chi connectivity index (χ0v) is 14.2. The van der Waals surface area contributed by atoms with Crippen molar-refractivity contribution in [2.75, 3.05) is 13.7 Å². The zero-order chi connectivity index (χ0) is 16.8. The van der Waals surface area contributed by atoms with Gasteiger partial charge in [0, 0.05) is 10.3 Å². The molecule has 3 aromatic rings. The lowest BCUT2D eigenvalue weighted by Crippen LogP contribution is -2.09. The maximum atomic E-state index is 11.8. The molecule has 1 heterocycles. The summed E-state index contributed by atoms with van der Waals surface area (Å²) in [5, 5.41) is 3.18. The molecule has 0 aliphatic carbocycles. The molecule has 0 fully saturated rings. The van der Waals surface area contributed by atoms with Gasteiger partial charge in [0.25, 0.3) is 0 Å². The summed E-state index contributed by atoms with van der Waals surface area (Å²) in [5.41, 5.74) is 1.04. The standard InChI is InChI=1S/C19H18O4S/c1-21-15-6-8-16(9-7-15)22-11-10-19(20)23-12-14-13-24-18-5-3-2-4-17(14)18/h2-9,13H,10-12H2,1H3. The molecule has 4 nitrogen and oxygen atoms in total. The molecule has 0 unspecified atom stereocenters. The number of fused-ring (bicyclic) bond motifs is 1. The maximum absolute atomic E-state index is 11.8. The zero-order valence-electron chi connectivity index (χ0n) is 13.4. The molecule has 0 N–H and O–H groups in total. The van der Waals surface area contributed by atoms with E-state index in [0.29, 0.717) is 12.4 Å². The summed E-state index contributed by atoms with van der Waals surface area (Å²) in [7, 11) is 1.61. The molecule has 24 heavy (non-hydrogen) atoms. The Kier molecular flexibility index (Phi) is 5.33. The molecule has 0 spiro atoms. The van der Waals surface area contributed by atoms with Crippen LogP contribution in [-0.2, 0) is 16.1 Å². The number of methoxy groups -OCH3 is 1. The molecular weight excluding hydrogens is 324 g/mol. The van der Waals surface area contributed by atoms with Gasteiger partial charge in [-0.05, 0) is 41.1 Å². The predicted molar refractivity (Wildman–Crippen MR) is 94.7 cm³/mol. The van der Waals surface area contributed by atoms with Crippen molar-refractivity contribution in [1.29, 1.82) is 0 Å². The molecule has 0 saturated heterocycles. The molecule has 124 valence electrons. The van der Waals surface area contributed by atoms with Crippen LogP contribution in [0.2, 0.25) is 0 Å². The van der Waals surface area contributed by atoms with Crippen molar-refractivity contribution >= 4 is 27.4 Å². The Morgan fingerprint density at radius 3 is 2.58 bits per heavy atom. The average Bonchev–Trinajstić information content (AvgIpc) is 3.04. The lowest BCUT2D eigenvalue weighted by atomic mass is 10.2. The molecule has 0 aliphatic rings. The lowest BCUT2D eigenvalue weighted by Gasteiger charge is -2.07. The summed E-state index contributed by atoms with van der Waals surface area (Å²) < 4.78 is 17.1. The summed E-state index contributed by atoms with van der Waals surface area (Å²) >= 11 is 1.66. The van der Waals surface area contributed by atoms with Crippen molar-refractivity contribution < 1.29 is 19.0 Å². The highest BCUT2D eigenvalue weighted by atomic mass is 32.1. The molecule has 2 aromatic carbocycles. The van der Waals surface area contributed by atoms with Gasteiger partial charge in [-0.1, -0.05) is 18.2 Å². The minimum Gasteiger partial charge on any atom is -0.497 e.